The van der Waals surface area contributed by atoms with Gasteiger partial charge < -0.3 is 20.9 Å². The van der Waals surface area contributed by atoms with Crippen molar-refractivity contribution in [3.05, 3.63) is 108 Å². The van der Waals surface area contributed by atoms with Crippen molar-refractivity contribution in [1.29, 1.82) is 0 Å². The van der Waals surface area contributed by atoms with Gasteiger partial charge in [-0.15, -0.1) is 0 Å². The van der Waals surface area contributed by atoms with Crippen molar-refractivity contribution in [2.45, 2.75) is 32.8 Å². The second kappa shape index (κ2) is 12.3. The van der Waals surface area contributed by atoms with Crippen LogP contribution in [0.3, 0.4) is 0 Å². The Morgan fingerprint density at radius 3 is 2.45 bits per heavy atom. The molecule has 0 bridgehead atoms. The van der Waals surface area contributed by atoms with Crippen LogP contribution in [0.2, 0.25) is 0 Å². The maximum atomic E-state index is 14.3. The number of nitrogens with one attached hydrogen (secondary N) is 2. The normalized spacial score (nSPS) is 12.3. The number of amides is 2. The van der Waals surface area contributed by atoms with E-state index in [2.05, 4.69) is 10.6 Å². The number of hydrogen-bond donors (Lipinski definition) is 4. The molecule has 0 saturated heterocycles. The number of carbonyl (C=O) groups is 2. The average molecular weight is 542 g/mol. The summed E-state index contributed by atoms with van der Waals surface area (Å²) in [4.78, 5) is 25.4. The number of carbonyl (C=O) groups excluding carboxylic acids is 2. The fourth-order valence-electron chi connectivity index (χ4n) is 4.51. The van der Waals surface area contributed by atoms with Crippen LogP contribution < -0.4 is 16.4 Å². The van der Waals surface area contributed by atoms with Crippen LogP contribution in [0.4, 0.5) is 26.2 Å². The van der Waals surface area contributed by atoms with Crippen molar-refractivity contribution in [1.82, 2.24) is 0 Å². The van der Waals surface area contributed by atoms with E-state index in [1.807, 2.05) is 50.2 Å². The Labute approximate surface area is 232 Å². The van der Waals surface area contributed by atoms with Crippen molar-refractivity contribution in [3.8, 4) is 5.75 Å². The number of hydrogen-bond acceptors (Lipinski definition) is 5. The first-order valence-corrected chi connectivity index (χ1v) is 12.9. The van der Waals surface area contributed by atoms with Crippen LogP contribution in [0.15, 0.2) is 97.1 Å². The van der Waals surface area contributed by atoms with E-state index in [-0.39, 0.29) is 5.91 Å². The molecule has 5 N–H and O–H groups in total. The van der Waals surface area contributed by atoms with Crippen LogP contribution in [0.25, 0.3) is 10.8 Å². The highest BCUT2D eigenvalue weighted by molar-refractivity contribution is 6.01. The highest BCUT2D eigenvalue weighted by Gasteiger charge is 2.34. The second-order valence-corrected chi connectivity index (χ2v) is 10.2. The van der Waals surface area contributed by atoms with Crippen molar-refractivity contribution in [2.24, 2.45) is 5.41 Å². The molecular formula is C32H32FN3O4. The molecule has 0 fully saturated rings. The summed E-state index contributed by atoms with van der Waals surface area (Å²) in [5, 5.41) is 17.1. The molecule has 7 nitrogen and oxygen atoms in total. The zero-order chi connectivity index (χ0) is 28.7. The lowest BCUT2D eigenvalue weighted by atomic mass is 9.78. The van der Waals surface area contributed by atoms with Crippen molar-refractivity contribution >= 4 is 39.8 Å². The first-order chi connectivity index (χ1) is 19.1. The highest BCUT2D eigenvalue weighted by atomic mass is 19.1. The van der Waals surface area contributed by atoms with E-state index in [1.54, 1.807) is 36.4 Å². The molecule has 0 aliphatic rings. The predicted octanol–water partition coefficient (Wildman–Crippen LogP) is 7.56. The number of anilines is 3. The molecule has 0 aliphatic heterocycles. The number of para-hydroxylation sites is 2. The minimum absolute atomic E-state index is 0.321. The van der Waals surface area contributed by atoms with Gasteiger partial charge in [0.25, 0.3) is 0 Å². The molecule has 0 unspecified atom stereocenters. The molecule has 40 heavy (non-hydrogen) atoms. The van der Waals surface area contributed by atoms with Crippen LogP contribution in [0.1, 0.15) is 38.4 Å². The van der Waals surface area contributed by atoms with Gasteiger partial charge in [0.2, 0.25) is 5.91 Å². The molecule has 4 aromatic carbocycles. The summed E-state index contributed by atoms with van der Waals surface area (Å²) in [5.74, 6) is -1.62. The lowest BCUT2D eigenvalue weighted by Crippen LogP contribution is -2.29. The second-order valence-electron chi connectivity index (χ2n) is 10.2. The maximum Gasteiger partial charge on any atom is 0.412 e. The van der Waals surface area contributed by atoms with Gasteiger partial charge in [-0.3, -0.25) is 10.1 Å². The number of nitrogens with two attached hydrogens (primary N) is 1. The molecule has 0 heterocycles. The van der Waals surface area contributed by atoms with Gasteiger partial charge >= 0.3 is 6.09 Å². The molecule has 1 atom stereocenters. The minimum atomic E-state index is -0.857. The van der Waals surface area contributed by atoms with E-state index in [9.17, 15) is 19.1 Å². The molecule has 8 heteroatoms. The van der Waals surface area contributed by atoms with Gasteiger partial charge in [0.1, 0.15) is 6.10 Å². The van der Waals surface area contributed by atoms with Crippen LogP contribution >= 0.6 is 0 Å². The Hall–Kier alpha value is -4.85. The summed E-state index contributed by atoms with van der Waals surface area (Å²) in [5.41, 5.74) is 7.18. The van der Waals surface area contributed by atoms with E-state index in [0.717, 1.165) is 10.8 Å². The van der Waals surface area contributed by atoms with E-state index in [4.69, 9.17) is 10.5 Å². The molecule has 0 radical (unpaired) electrons. The minimum Gasteiger partial charge on any atom is -0.505 e. The summed E-state index contributed by atoms with van der Waals surface area (Å²) in [6, 6.07) is 24.1. The Balaban J connectivity index is 1.48. The predicted molar refractivity (Wildman–Crippen MR) is 156 cm³/mol. The molecule has 206 valence electrons. The smallest absolute Gasteiger partial charge is 0.412 e. The topological polar surface area (TPSA) is 114 Å². The Kier molecular flexibility index (Phi) is 8.69. The summed E-state index contributed by atoms with van der Waals surface area (Å²) in [6.07, 6.45) is 2.57. The number of phenols is 1. The van der Waals surface area contributed by atoms with Crippen molar-refractivity contribution in [3.63, 3.8) is 0 Å². The molecule has 0 aliphatic carbocycles. The maximum absolute atomic E-state index is 14.3. The number of halogens is 1. The van der Waals surface area contributed by atoms with Gasteiger partial charge in [-0.2, -0.15) is 0 Å². The number of rotatable bonds is 9. The molecule has 2 amide bonds. The van der Waals surface area contributed by atoms with Crippen LogP contribution in [-0.2, 0) is 9.53 Å². The van der Waals surface area contributed by atoms with Crippen LogP contribution in [0, 0.1) is 11.2 Å². The molecule has 4 aromatic rings. The monoisotopic (exact) mass is 541 g/mol. The summed E-state index contributed by atoms with van der Waals surface area (Å²) in [7, 11) is 0. The number of nitrogen functional groups attached to an aromatic ring is 1. The molecule has 0 aromatic heterocycles. The largest absolute Gasteiger partial charge is 0.505 e. The third kappa shape index (κ3) is 6.96. The third-order valence-electron chi connectivity index (χ3n) is 6.68. The number of phenolic OH excluding ortho intramolecular Hbond substituents is 1. The SMILES string of the molecule is CC(C)(CC/C=C/C(=O)Nc1ccccc1N)[C@H](OC(=O)Nc1cccc2ccccc12)c1ccc(O)c(F)c1. The highest BCUT2D eigenvalue weighted by Crippen LogP contribution is 2.41. The molecule has 0 spiro atoms. The number of fused-ring (bicyclic) bond motifs is 1. The summed E-state index contributed by atoms with van der Waals surface area (Å²) >= 11 is 0. The zero-order valence-corrected chi connectivity index (χ0v) is 22.4. The van der Waals surface area contributed by atoms with Gasteiger partial charge in [0.05, 0.1) is 17.1 Å². The summed E-state index contributed by atoms with van der Waals surface area (Å²) < 4.78 is 20.2. The summed E-state index contributed by atoms with van der Waals surface area (Å²) in [6.45, 7) is 3.79. The van der Waals surface area contributed by atoms with Gasteiger partial charge in [0.15, 0.2) is 11.6 Å². The molecule has 0 saturated carbocycles. The fraction of sp³-hybridized carbons (Fsp3) is 0.188. The first-order valence-electron chi connectivity index (χ1n) is 12.9. The zero-order valence-electron chi connectivity index (χ0n) is 22.4. The number of aromatic hydroxyl groups is 1. The van der Waals surface area contributed by atoms with Gasteiger partial charge in [0, 0.05) is 10.8 Å². The lowest BCUT2D eigenvalue weighted by Gasteiger charge is -2.34. The average Bonchev–Trinajstić information content (AvgIpc) is 2.93. The Morgan fingerprint density at radius 1 is 0.975 bits per heavy atom. The van der Waals surface area contributed by atoms with Crippen LogP contribution in [-0.4, -0.2) is 17.1 Å². The fourth-order valence-corrected chi connectivity index (χ4v) is 4.51. The van der Waals surface area contributed by atoms with Gasteiger partial charge in [-0.25, -0.2) is 9.18 Å². The van der Waals surface area contributed by atoms with Gasteiger partial charge in [-0.05, 0) is 60.2 Å². The molecule has 4 rings (SSSR count). The lowest BCUT2D eigenvalue weighted by molar-refractivity contribution is -0.111. The quantitative estimate of drug-likeness (QED) is 0.129. The number of ether oxygens (including phenoxy) is 1. The standard InChI is InChI=1S/C32H32FN3O4/c1-32(2,19-8-7-16-29(38)35-27-14-6-5-13-25(27)34)30(22-17-18-28(37)24(33)20-22)40-31(39)36-26-15-9-11-21-10-3-4-12-23(21)26/h3-7,9-18,20,30,37H,8,19,34H2,1-2H3,(H,35,38)(H,36,39)/b16-7+/t30-/m1/s1. The number of benzene rings is 4. The third-order valence-corrected chi connectivity index (χ3v) is 6.68. The van der Waals surface area contributed by atoms with Gasteiger partial charge in [-0.1, -0.05) is 74.5 Å². The Bertz CT molecular complexity index is 1550. The molecular weight excluding hydrogens is 509 g/mol. The van der Waals surface area contributed by atoms with E-state index >= 15 is 0 Å². The Morgan fingerprint density at radius 2 is 1.68 bits per heavy atom. The van der Waals surface area contributed by atoms with Crippen molar-refractivity contribution in [2.75, 3.05) is 16.4 Å². The number of allylic oxidation sites excluding steroid dienone is 1. The van der Waals surface area contributed by atoms with E-state index in [1.165, 1.54) is 24.3 Å². The van der Waals surface area contributed by atoms with Crippen molar-refractivity contribution < 1.29 is 23.8 Å². The van der Waals surface area contributed by atoms with Crippen LogP contribution in [0.5, 0.6) is 5.75 Å². The first kappa shape index (κ1) is 28.2. The van der Waals surface area contributed by atoms with E-state index < -0.39 is 29.2 Å². The van der Waals surface area contributed by atoms with E-state index in [0.29, 0.717) is 35.5 Å².